The van der Waals surface area contributed by atoms with E-state index in [2.05, 4.69) is 10.4 Å². The molecule has 1 aromatic rings. The molecule has 1 heterocycles. The zero-order chi connectivity index (χ0) is 15.4. The van der Waals surface area contributed by atoms with Crippen LogP contribution in [0.15, 0.2) is 0 Å². The molecule has 9 nitrogen and oxygen atoms in total. The van der Waals surface area contributed by atoms with Crippen molar-refractivity contribution in [1.82, 2.24) is 15.1 Å². The van der Waals surface area contributed by atoms with Gasteiger partial charge in [0.2, 0.25) is 5.91 Å². The molecule has 20 heavy (non-hydrogen) atoms. The second-order valence-corrected chi connectivity index (χ2v) is 4.64. The summed E-state index contributed by atoms with van der Waals surface area (Å²) in [6, 6.07) is -0.556. The summed E-state index contributed by atoms with van der Waals surface area (Å²) in [7, 11) is 0. The third kappa shape index (κ3) is 3.75. The first-order chi connectivity index (χ1) is 9.23. The van der Waals surface area contributed by atoms with Crippen LogP contribution in [0.5, 0.6) is 0 Å². The molecule has 0 saturated carbocycles. The van der Waals surface area contributed by atoms with Crippen molar-refractivity contribution in [2.45, 2.75) is 39.5 Å². The lowest BCUT2D eigenvalue weighted by atomic mass is 10.2. The monoisotopic (exact) mass is 285 g/mol. The van der Waals surface area contributed by atoms with Gasteiger partial charge in [0, 0.05) is 6.54 Å². The van der Waals surface area contributed by atoms with E-state index in [4.69, 9.17) is 5.73 Å². The lowest BCUT2D eigenvalue weighted by molar-refractivity contribution is -0.386. The van der Waals surface area contributed by atoms with Gasteiger partial charge in [0.25, 0.3) is 0 Å². The molecule has 1 rings (SSSR count). The summed E-state index contributed by atoms with van der Waals surface area (Å²) in [4.78, 5) is 21.2. The summed E-state index contributed by atoms with van der Waals surface area (Å²) >= 11 is 0. The molecule has 0 spiro atoms. The smallest absolute Gasteiger partial charge is 0.312 e. The van der Waals surface area contributed by atoms with Gasteiger partial charge >= 0.3 is 5.69 Å². The van der Waals surface area contributed by atoms with Crippen molar-refractivity contribution in [1.29, 1.82) is 0 Å². The zero-order valence-corrected chi connectivity index (χ0v) is 11.7. The molecular formula is C11H19N5O4. The lowest BCUT2D eigenvalue weighted by Crippen LogP contribution is -2.43. The number of aliphatic hydroxyl groups is 1. The van der Waals surface area contributed by atoms with E-state index in [1.807, 2.05) is 0 Å². The largest absolute Gasteiger partial charge is 0.390 e. The van der Waals surface area contributed by atoms with Crippen LogP contribution in [0, 0.1) is 24.0 Å². The molecule has 0 aromatic carbocycles. The van der Waals surface area contributed by atoms with Crippen LogP contribution in [0.1, 0.15) is 18.3 Å². The Bertz CT molecular complexity index is 513. The van der Waals surface area contributed by atoms with E-state index in [-0.39, 0.29) is 18.8 Å². The molecule has 0 bridgehead atoms. The summed E-state index contributed by atoms with van der Waals surface area (Å²) in [5.74, 6) is -0.515. The molecule has 4 N–H and O–H groups in total. The van der Waals surface area contributed by atoms with Gasteiger partial charge in [0.15, 0.2) is 0 Å². The zero-order valence-electron chi connectivity index (χ0n) is 11.7. The summed E-state index contributed by atoms with van der Waals surface area (Å²) in [5.41, 5.74) is 5.72. The summed E-state index contributed by atoms with van der Waals surface area (Å²) in [6.45, 7) is 4.93. The van der Waals surface area contributed by atoms with Crippen LogP contribution in [0.4, 0.5) is 5.69 Å². The van der Waals surface area contributed by atoms with Gasteiger partial charge in [0.1, 0.15) is 11.4 Å². The predicted molar refractivity (Wildman–Crippen MR) is 71.0 cm³/mol. The molecule has 1 amide bonds. The number of aryl methyl sites for hydroxylation is 1. The van der Waals surface area contributed by atoms with Crippen LogP contribution in [0.25, 0.3) is 0 Å². The number of nitrogens with zero attached hydrogens (tertiary/aromatic N) is 3. The number of aromatic nitrogens is 2. The number of nitrogens with one attached hydrogen (secondary N) is 1. The quantitative estimate of drug-likeness (QED) is 0.444. The topological polar surface area (TPSA) is 136 Å². The molecule has 2 atom stereocenters. The van der Waals surface area contributed by atoms with Gasteiger partial charge in [-0.25, -0.2) is 0 Å². The number of carbonyl (C=O) groups excluding carboxylic acids is 1. The molecule has 0 radical (unpaired) electrons. The minimum Gasteiger partial charge on any atom is -0.390 e. The van der Waals surface area contributed by atoms with Gasteiger partial charge in [-0.1, -0.05) is 0 Å². The highest BCUT2D eigenvalue weighted by atomic mass is 16.6. The van der Waals surface area contributed by atoms with E-state index >= 15 is 0 Å². The van der Waals surface area contributed by atoms with Crippen molar-refractivity contribution >= 4 is 11.6 Å². The Morgan fingerprint density at radius 3 is 2.65 bits per heavy atom. The Hall–Kier alpha value is -2.00. The molecule has 2 unspecified atom stereocenters. The SMILES string of the molecule is Cc1nn(CC(O)CNC(C)C(N)=O)c(C)c1[N+](=O)[O-]. The normalized spacial score (nSPS) is 14.0. The van der Waals surface area contributed by atoms with Crippen LogP contribution in [0.2, 0.25) is 0 Å². The first-order valence-corrected chi connectivity index (χ1v) is 6.13. The van der Waals surface area contributed by atoms with Crippen molar-refractivity contribution < 1.29 is 14.8 Å². The molecule has 0 aliphatic heterocycles. The van der Waals surface area contributed by atoms with Crippen LogP contribution < -0.4 is 11.1 Å². The van der Waals surface area contributed by atoms with Crippen LogP contribution in [-0.4, -0.2) is 44.4 Å². The molecule has 112 valence electrons. The van der Waals surface area contributed by atoms with Gasteiger partial charge in [-0.2, -0.15) is 5.10 Å². The van der Waals surface area contributed by atoms with Gasteiger partial charge in [-0.15, -0.1) is 0 Å². The van der Waals surface area contributed by atoms with E-state index in [1.54, 1.807) is 20.8 Å². The molecule has 0 aliphatic carbocycles. The number of aliphatic hydroxyl groups excluding tert-OH is 1. The number of rotatable bonds is 7. The number of nitro groups is 1. The summed E-state index contributed by atoms with van der Waals surface area (Å²) in [6.07, 6.45) is -0.839. The molecule has 1 aromatic heterocycles. The Balaban J connectivity index is 2.67. The van der Waals surface area contributed by atoms with Crippen molar-refractivity contribution in [2.75, 3.05) is 6.54 Å². The van der Waals surface area contributed by atoms with E-state index in [0.29, 0.717) is 11.4 Å². The fraction of sp³-hybridized carbons (Fsp3) is 0.636. The fourth-order valence-corrected chi connectivity index (χ4v) is 1.81. The first-order valence-electron chi connectivity index (χ1n) is 6.13. The maximum absolute atomic E-state index is 10.9. The number of amides is 1. The van der Waals surface area contributed by atoms with Crippen LogP contribution >= 0.6 is 0 Å². The number of hydrogen-bond donors (Lipinski definition) is 3. The highest BCUT2D eigenvalue weighted by Gasteiger charge is 2.23. The van der Waals surface area contributed by atoms with E-state index in [0.717, 1.165) is 0 Å². The average Bonchev–Trinajstić information content (AvgIpc) is 2.61. The standard InChI is InChI=1S/C11H19N5O4/c1-6-10(16(19)20)8(3)15(14-6)5-9(17)4-13-7(2)11(12)18/h7,9,13,17H,4-5H2,1-3H3,(H2,12,18). The van der Waals surface area contributed by atoms with Crippen molar-refractivity contribution in [3.8, 4) is 0 Å². The summed E-state index contributed by atoms with van der Waals surface area (Å²) in [5, 5.41) is 27.5. The van der Waals surface area contributed by atoms with E-state index in [9.17, 15) is 20.0 Å². The number of carbonyl (C=O) groups is 1. The highest BCUT2D eigenvalue weighted by molar-refractivity contribution is 5.79. The maximum atomic E-state index is 10.9. The van der Waals surface area contributed by atoms with Crippen molar-refractivity contribution in [3.63, 3.8) is 0 Å². The average molecular weight is 285 g/mol. The van der Waals surface area contributed by atoms with Gasteiger partial charge in [0.05, 0.1) is 23.6 Å². The predicted octanol–water partition coefficient (Wildman–Crippen LogP) is -0.768. The fourth-order valence-electron chi connectivity index (χ4n) is 1.81. The van der Waals surface area contributed by atoms with Crippen LogP contribution in [-0.2, 0) is 11.3 Å². The third-order valence-electron chi connectivity index (χ3n) is 3.00. The molecule has 9 heteroatoms. The Morgan fingerprint density at radius 1 is 1.60 bits per heavy atom. The van der Waals surface area contributed by atoms with Gasteiger partial charge in [-0.3, -0.25) is 19.6 Å². The van der Waals surface area contributed by atoms with Crippen LogP contribution in [0.3, 0.4) is 0 Å². The Kier molecular flexibility index (Phi) is 5.17. The maximum Gasteiger partial charge on any atom is 0.312 e. The second kappa shape index (κ2) is 6.44. The minimum absolute atomic E-state index is 0.0457. The number of hydrogen-bond acceptors (Lipinski definition) is 6. The summed E-state index contributed by atoms with van der Waals surface area (Å²) < 4.78 is 1.38. The van der Waals surface area contributed by atoms with E-state index in [1.165, 1.54) is 4.68 Å². The highest BCUT2D eigenvalue weighted by Crippen LogP contribution is 2.21. The number of nitrogens with two attached hydrogens (primary N) is 1. The molecular weight excluding hydrogens is 266 g/mol. The number of primary amides is 1. The molecule has 0 fully saturated rings. The Morgan fingerprint density at radius 2 is 2.20 bits per heavy atom. The first kappa shape index (κ1) is 16.1. The Labute approximate surface area is 115 Å². The second-order valence-electron chi connectivity index (χ2n) is 4.64. The van der Waals surface area contributed by atoms with Crippen molar-refractivity contribution in [3.05, 3.63) is 21.5 Å². The lowest BCUT2D eigenvalue weighted by Gasteiger charge is -2.15. The molecule has 0 saturated heterocycles. The minimum atomic E-state index is -0.839. The van der Waals surface area contributed by atoms with Crippen molar-refractivity contribution in [2.24, 2.45) is 5.73 Å². The van der Waals surface area contributed by atoms with Gasteiger partial charge < -0.3 is 16.2 Å². The van der Waals surface area contributed by atoms with E-state index < -0.39 is 23.0 Å². The molecule has 0 aliphatic rings. The third-order valence-corrected chi connectivity index (χ3v) is 3.00. The van der Waals surface area contributed by atoms with Gasteiger partial charge in [-0.05, 0) is 20.8 Å².